The van der Waals surface area contributed by atoms with Crippen molar-refractivity contribution in [2.24, 2.45) is 0 Å². The van der Waals surface area contributed by atoms with E-state index >= 15 is 0 Å². The van der Waals surface area contributed by atoms with Gasteiger partial charge < -0.3 is 45.1 Å². The number of hydrogen-bond donors (Lipinski definition) is 6. The number of aliphatic hydroxyl groups is 3. The molecule has 0 aromatic carbocycles. The Balaban J connectivity index is 1.87. The number of anilines is 1. The highest BCUT2D eigenvalue weighted by molar-refractivity contribution is 7.61. The van der Waals surface area contributed by atoms with Crippen LogP contribution in [0.25, 0.3) is 0 Å². The molecule has 2 heterocycles. The molecule has 8 atom stereocenters. The monoisotopic (exact) mass is 1070 g/mol. The highest BCUT2D eigenvalue weighted by atomic mass is 31.3. The molecule has 21 heteroatoms. The van der Waals surface area contributed by atoms with Crippen molar-refractivity contribution in [1.29, 1.82) is 0 Å². The van der Waals surface area contributed by atoms with E-state index in [9.17, 15) is 48.6 Å². The Kier molecular flexibility index (Phi) is 35.0. The van der Waals surface area contributed by atoms with Crippen LogP contribution in [-0.4, -0.2) is 96.9 Å². The van der Waals surface area contributed by atoms with Crippen LogP contribution in [0.5, 0.6) is 0 Å². The Morgan fingerprint density at radius 3 is 1.93 bits per heavy atom. The number of rotatable bonds is 41. The van der Waals surface area contributed by atoms with Gasteiger partial charge in [0, 0.05) is 19.0 Å². The van der Waals surface area contributed by atoms with Gasteiger partial charge in [0.2, 0.25) is 0 Å². The Bertz CT molecular complexity index is 2070. The first kappa shape index (κ1) is 65.0. The number of allylic oxidation sites excluding steroid dienone is 13. The van der Waals surface area contributed by atoms with Crippen LogP contribution in [0.2, 0.25) is 0 Å². The van der Waals surface area contributed by atoms with Gasteiger partial charge in [0.1, 0.15) is 30.7 Å². The van der Waals surface area contributed by atoms with E-state index in [-0.39, 0.29) is 25.1 Å². The summed E-state index contributed by atoms with van der Waals surface area (Å²) in [4.78, 5) is 61.9. The fraction of sp³-hybridized carbons (Fsp3) is 0.615. The third-order valence-electron chi connectivity index (χ3n) is 11.1. The summed E-state index contributed by atoms with van der Waals surface area (Å²) in [5.41, 5.74) is 4.57. The van der Waals surface area contributed by atoms with Crippen LogP contribution < -0.4 is 11.4 Å². The minimum Gasteiger partial charge on any atom is -0.462 e. The van der Waals surface area contributed by atoms with E-state index in [2.05, 4.69) is 77.8 Å². The highest BCUT2D eigenvalue weighted by Crippen LogP contribution is 2.60. The Labute approximate surface area is 431 Å². The number of nitrogens with two attached hydrogens (primary N) is 1. The predicted molar refractivity (Wildman–Crippen MR) is 281 cm³/mol. The molecule has 1 aliphatic rings. The standard InChI is InChI=1S/C52H83N3O16P2/c1-3-5-7-9-11-13-15-17-19-21-22-24-26-28-30-32-34-43(56)36-37-48(58)69-44(40-66-47(57)35-33-31-29-27-25-23-20-18-16-14-12-10-8-6-4-2)41-67-72(62,63)71-73(64,65)68-42-45-49(59)50(60)51(70-45)55-39-38-46(53)54-52(55)61/h5,7,11,13-14,16-17,19,22,24,28,30,32,34,38-39,43-45,49-51,56,59-60H,3-4,6,8-10,12,15,18,20-21,23,25-27,29,31,33,35-37,40-42H2,1-2H3,(H,62,63)(H,64,65)(H2,53,54,61)/b7-5-,13-11-,16-14-,19-17-,24-22-,30-28-,34-32-/t43?,44-,45-,49-,50-,51-/m1/s1. The molecule has 1 fully saturated rings. The molecule has 412 valence electrons. The maximum absolute atomic E-state index is 12.9. The van der Waals surface area contributed by atoms with Crippen LogP contribution in [-0.2, 0) is 46.3 Å². The molecule has 1 aromatic heterocycles. The van der Waals surface area contributed by atoms with Crippen LogP contribution in [0.1, 0.15) is 155 Å². The van der Waals surface area contributed by atoms with E-state index in [0.29, 0.717) is 12.8 Å². The number of unbranched alkanes of at least 4 members (excludes halogenated alkanes) is 11. The van der Waals surface area contributed by atoms with E-state index in [1.807, 2.05) is 12.2 Å². The second-order valence-electron chi connectivity index (χ2n) is 17.5. The summed E-state index contributed by atoms with van der Waals surface area (Å²) in [6.07, 6.45) is 38.4. The van der Waals surface area contributed by atoms with Crippen molar-refractivity contribution in [3.8, 4) is 0 Å². The second-order valence-corrected chi connectivity index (χ2v) is 20.5. The molecule has 0 radical (unpaired) electrons. The lowest BCUT2D eigenvalue weighted by Gasteiger charge is -2.21. The van der Waals surface area contributed by atoms with Gasteiger partial charge >= 0.3 is 33.3 Å². The van der Waals surface area contributed by atoms with Crippen LogP contribution in [0.3, 0.4) is 0 Å². The van der Waals surface area contributed by atoms with Gasteiger partial charge in [0.25, 0.3) is 0 Å². The first-order chi connectivity index (χ1) is 35.1. The molecule has 0 amide bonds. The predicted octanol–water partition coefficient (Wildman–Crippen LogP) is 9.64. The minimum absolute atomic E-state index is 0.0545. The summed E-state index contributed by atoms with van der Waals surface area (Å²) in [7, 11) is -11.0. The Morgan fingerprint density at radius 2 is 1.32 bits per heavy atom. The number of ether oxygens (including phenoxy) is 3. The first-order valence-electron chi connectivity index (χ1n) is 25.7. The van der Waals surface area contributed by atoms with Crippen LogP contribution in [0, 0.1) is 0 Å². The molecule has 2 rings (SSSR count). The lowest BCUT2D eigenvalue weighted by Crippen LogP contribution is -2.36. The average molecular weight is 1070 g/mol. The normalized spacial score (nSPS) is 20.1. The number of nitrogen functional groups attached to an aromatic ring is 1. The Morgan fingerprint density at radius 1 is 0.740 bits per heavy atom. The van der Waals surface area contributed by atoms with Gasteiger partial charge in [-0.3, -0.25) is 23.2 Å². The number of carbonyl (C=O) groups excluding carboxylic acids is 2. The maximum Gasteiger partial charge on any atom is 0.481 e. The SMILES string of the molecule is CC/C=C\C/C=C\C/C=C\C/C=C\C/C=C\C=C/C(O)CCC(=O)O[C@H](COC(=O)CCCCCCCCC/C=C\CCCCCC)COP(=O)(O)OP(=O)(O)OC[C@H]1O[C@@H](n2ccc(N)nc2=O)[C@H](O)[C@@H]1O. The average Bonchev–Trinajstić information content (AvgIpc) is 3.63. The topological polar surface area (TPSA) is 286 Å². The van der Waals surface area contributed by atoms with Gasteiger partial charge in [-0.1, -0.05) is 150 Å². The van der Waals surface area contributed by atoms with E-state index < -0.39 is 89.8 Å². The molecule has 0 saturated carbocycles. The fourth-order valence-electron chi connectivity index (χ4n) is 7.06. The molecule has 19 nitrogen and oxygen atoms in total. The number of aliphatic hydroxyl groups excluding tert-OH is 3. The number of aromatic nitrogens is 2. The van der Waals surface area contributed by atoms with E-state index in [1.54, 1.807) is 12.2 Å². The van der Waals surface area contributed by atoms with Crippen molar-refractivity contribution in [3.05, 3.63) is 108 Å². The molecule has 1 aromatic rings. The smallest absolute Gasteiger partial charge is 0.462 e. The van der Waals surface area contributed by atoms with Crippen LogP contribution in [0.15, 0.2) is 102 Å². The van der Waals surface area contributed by atoms with Gasteiger partial charge in [-0.2, -0.15) is 9.29 Å². The van der Waals surface area contributed by atoms with Crippen molar-refractivity contribution in [2.75, 3.05) is 25.6 Å². The van der Waals surface area contributed by atoms with Crippen molar-refractivity contribution in [3.63, 3.8) is 0 Å². The zero-order chi connectivity index (χ0) is 53.6. The number of phosphoric acid groups is 2. The zero-order valence-electron chi connectivity index (χ0n) is 42.8. The number of nitrogens with zero attached hydrogens (tertiary/aromatic N) is 2. The molecule has 0 aliphatic carbocycles. The summed E-state index contributed by atoms with van der Waals surface area (Å²) in [5.74, 6) is -1.60. The van der Waals surface area contributed by atoms with Crippen molar-refractivity contribution < 1.29 is 71.4 Å². The van der Waals surface area contributed by atoms with Crippen LogP contribution >= 0.6 is 15.6 Å². The summed E-state index contributed by atoms with van der Waals surface area (Å²) in [6, 6.07) is 1.23. The minimum atomic E-state index is -5.49. The molecule has 7 N–H and O–H groups in total. The number of carbonyl (C=O) groups is 2. The van der Waals surface area contributed by atoms with Crippen molar-refractivity contribution >= 4 is 33.4 Å². The number of phosphoric ester groups is 2. The van der Waals surface area contributed by atoms with E-state index in [1.165, 1.54) is 37.8 Å². The molecule has 1 aliphatic heterocycles. The van der Waals surface area contributed by atoms with Gasteiger partial charge in [-0.15, -0.1) is 0 Å². The Hall–Kier alpha value is -4.10. The lowest BCUT2D eigenvalue weighted by atomic mass is 10.1. The molecular weight excluding hydrogens is 985 g/mol. The summed E-state index contributed by atoms with van der Waals surface area (Å²) >= 11 is 0. The van der Waals surface area contributed by atoms with E-state index in [0.717, 1.165) is 87.8 Å². The number of hydrogen-bond acceptors (Lipinski definition) is 16. The summed E-state index contributed by atoms with van der Waals surface area (Å²) < 4.78 is 56.6. The van der Waals surface area contributed by atoms with E-state index in [4.69, 9.17) is 29.0 Å². The molecule has 3 unspecified atom stereocenters. The fourth-order valence-corrected chi connectivity index (χ4v) is 9.17. The highest BCUT2D eigenvalue weighted by Gasteiger charge is 2.46. The first-order valence-corrected chi connectivity index (χ1v) is 28.7. The maximum atomic E-state index is 12.9. The van der Waals surface area contributed by atoms with Crippen molar-refractivity contribution in [2.45, 2.75) is 185 Å². The molecule has 1 saturated heterocycles. The number of esters is 2. The quantitative estimate of drug-likeness (QED) is 0.0117. The van der Waals surface area contributed by atoms with Gasteiger partial charge in [0.05, 0.1) is 19.3 Å². The van der Waals surface area contributed by atoms with Gasteiger partial charge in [-0.25, -0.2) is 13.9 Å². The summed E-state index contributed by atoms with van der Waals surface area (Å²) in [5, 5.41) is 31.4. The molecule has 0 spiro atoms. The molecular formula is C52H83N3O16P2. The van der Waals surface area contributed by atoms with Gasteiger partial charge in [-0.05, 0) is 76.7 Å². The van der Waals surface area contributed by atoms with Crippen molar-refractivity contribution in [1.82, 2.24) is 9.55 Å². The van der Waals surface area contributed by atoms with Crippen LogP contribution in [0.4, 0.5) is 5.82 Å². The third-order valence-corrected chi connectivity index (χ3v) is 13.7. The zero-order valence-corrected chi connectivity index (χ0v) is 44.6. The lowest BCUT2D eigenvalue weighted by molar-refractivity contribution is -0.161. The largest absolute Gasteiger partial charge is 0.481 e. The molecule has 0 bridgehead atoms. The molecule has 73 heavy (non-hydrogen) atoms. The second kappa shape index (κ2) is 39.3. The van der Waals surface area contributed by atoms with Gasteiger partial charge in [0.15, 0.2) is 12.3 Å². The third kappa shape index (κ3) is 32.1. The summed E-state index contributed by atoms with van der Waals surface area (Å²) in [6.45, 7) is 1.79.